The largest absolute Gasteiger partial charge is 0.352 e. The predicted molar refractivity (Wildman–Crippen MR) is 53.6 cm³/mol. The molecule has 2 N–H and O–H groups in total. The van der Waals surface area contributed by atoms with Crippen molar-refractivity contribution in [1.82, 2.24) is 10.6 Å². The third-order valence-corrected chi connectivity index (χ3v) is 2.35. The van der Waals surface area contributed by atoms with Crippen molar-refractivity contribution in [1.29, 1.82) is 0 Å². The first-order valence-electron chi connectivity index (χ1n) is 5.16. The van der Waals surface area contributed by atoms with E-state index in [1.165, 1.54) is 0 Å². The fraction of sp³-hybridized carbons (Fsp3) is 0.800. The molecule has 1 rings (SSSR count). The number of amides is 2. The monoisotopic (exact) mass is 198 g/mol. The minimum atomic E-state index is -0.118. The summed E-state index contributed by atoms with van der Waals surface area (Å²) >= 11 is 0. The van der Waals surface area contributed by atoms with Crippen LogP contribution in [-0.4, -0.2) is 24.4 Å². The second-order valence-corrected chi connectivity index (χ2v) is 4.07. The van der Waals surface area contributed by atoms with Crippen LogP contribution >= 0.6 is 0 Å². The van der Waals surface area contributed by atoms with Gasteiger partial charge in [-0.25, -0.2) is 0 Å². The van der Waals surface area contributed by atoms with Crippen molar-refractivity contribution < 1.29 is 9.59 Å². The molecule has 80 valence electrons. The van der Waals surface area contributed by atoms with Gasteiger partial charge in [-0.05, 0) is 26.7 Å². The Labute approximate surface area is 84.4 Å². The SMILES string of the molecule is CC(C)NC(=O)CNC(=O)C1CCC1. The van der Waals surface area contributed by atoms with Crippen LogP contribution in [0, 0.1) is 5.92 Å². The lowest BCUT2D eigenvalue weighted by Gasteiger charge is -2.23. The molecule has 0 spiro atoms. The van der Waals surface area contributed by atoms with Crippen LogP contribution in [0.1, 0.15) is 33.1 Å². The number of carbonyl (C=O) groups excluding carboxylic acids is 2. The van der Waals surface area contributed by atoms with Crippen LogP contribution in [0.5, 0.6) is 0 Å². The van der Waals surface area contributed by atoms with Gasteiger partial charge in [0, 0.05) is 12.0 Å². The lowest BCUT2D eigenvalue weighted by Crippen LogP contribution is -2.42. The van der Waals surface area contributed by atoms with Crippen LogP contribution in [0.4, 0.5) is 0 Å². The van der Waals surface area contributed by atoms with Gasteiger partial charge in [-0.2, -0.15) is 0 Å². The molecule has 1 fully saturated rings. The maximum atomic E-state index is 11.3. The molecule has 4 heteroatoms. The Morgan fingerprint density at radius 2 is 2.00 bits per heavy atom. The molecule has 1 aliphatic rings. The van der Waals surface area contributed by atoms with Gasteiger partial charge in [0.2, 0.25) is 11.8 Å². The highest BCUT2D eigenvalue weighted by molar-refractivity contribution is 5.86. The van der Waals surface area contributed by atoms with E-state index in [9.17, 15) is 9.59 Å². The molecule has 0 atom stereocenters. The molecule has 0 saturated heterocycles. The van der Waals surface area contributed by atoms with Gasteiger partial charge >= 0.3 is 0 Å². The second kappa shape index (κ2) is 4.98. The van der Waals surface area contributed by atoms with E-state index in [1.807, 2.05) is 13.8 Å². The first kappa shape index (κ1) is 11.0. The van der Waals surface area contributed by atoms with Crippen molar-refractivity contribution in [3.8, 4) is 0 Å². The Kier molecular flexibility index (Phi) is 3.92. The van der Waals surface area contributed by atoms with E-state index in [4.69, 9.17) is 0 Å². The van der Waals surface area contributed by atoms with E-state index >= 15 is 0 Å². The Balaban J connectivity index is 2.12. The lowest BCUT2D eigenvalue weighted by molar-refractivity contribution is -0.130. The zero-order valence-electron chi connectivity index (χ0n) is 8.80. The maximum absolute atomic E-state index is 11.3. The van der Waals surface area contributed by atoms with Crippen molar-refractivity contribution in [3.05, 3.63) is 0 Å². The van der Waals surface area contributed by atoms with E-state index in [2.05, 4.69) is 10.6 Å². The molecule has 0 aromatic rings. The minimum absolute atomic E-state index is 0.0233. The quantitative estimate of drug-likeness (QED) is 0.688. The van der Waals surface area contributed by atoms with E-state index in [0.717, 1.165) is 19.3 Å². The number of hydrogen-bond donors (Lipinski definition) is 2. The van der Waals surface area contributed by atoms with Gasteiger partial charge in [0.05, 0.1) is 6.54 Å². The van der Waals surface area contributed by atoms with Gasteiger partial charge in [-0.15, -0.1) is 0 Å². The third kappa shape index (κ3) is 3.36. The van der Waals surface area contributed by atoms with Gasteiger partial charge in [0.25, 0.3) is 0 Å². The average molecular weight is 198 g/mol. The standard InChI is InChI=1S/C10H18N2O2/c1-7(2)12-9(13)6-11-10(14)8-4-3-5-8/h7-8H,3-6H2,1-2H3,(H,11,14)(H,12,13). The maximum Gasteiger partial charge on any atom is 0.239 e. The van der Waals surface area contributed by atoms with E-state index in [-0.39, 0.29) is 30.3 Å². The normalized spacial score (nSPS) is 16.2. The van der Waals surface area contributed by atoms with Crippen molar-refractivity contribution in [3.63, 3.8) is 0 Å². The summed E-state index contributed by atoms with van der Waals surface area (Å²) in [6.45, 7) is 3.89. The number of rotatable bonds is 4. The Morgan fingerprint density at radius 3 is 2.43 bits per heavy atom. The van der Waals surface area contributed by atoms with Crippen molar-refractivity contribution >= 4 is 11.8 Å². The zero-order chi connectivity index (χ0) is 10.6. The molecular formula is C10H18N2O2. The predicted octanol–water partition coefficient (Wildman–Crippen LogP) is 0.427. The Hall–Kier alpha value is -1.06. The van der Waals surface area contributed by atoms with Gasteiger partial charge in [-0.1, -0.05) is 6.42 Å². The van der Waals surface area contributed by atoms with E-state index < -0.39 is 0 Å². The van der Waals surface area contributed by atoms with Crippen molar-refractivity contribution in [2.45, 2.75) is 39.2 Å². The first-order valence-corrected chi connectivity index (χ1v) is 5.16. The summed E-state index contributed by atoms with van der Waals surface area (Å²) in [5, 5.41) is 5.36. The summed E-state index contributed by atoms with van der Waals surface area (Å²) in [5.41, 5.74) is 0. The summed E-state index contributed by atoms with van der Waals surface area (Å²) in [6, 6.07) is 0.128. The molecular weight excluding hydrogens is 180 g/mol. The Bertz CT molecular complexity index is 222. The summed E-state index contributed by atoms with van der Waals surface area (Å²) in [7, 11) is 0. The number of carbonyl (C=O) groups is 2. The molecule has 0 bridgehead atoms. The van der Waals surface area contributed by atoms with E-state index in [0.29, 0.717) is 0 Å². The number of nitrogens with one attached hydrogen (secondary N) is 2. The van der Waals surface area contributed by atoms with Crippen LogP contribution < -0.4 is 10.6 Å². The van der Waals surface area contributed by atoms with Gasteiger partial charge < -0.3 is 10.6 Å². The molecule has 0 unspecified atom stereocenters. The van der Waals surface area contributed by atoms with Crippen molar-refractivity contribution in [2.75, 3.05) is 6.54 Å². The van der Waals surface area contributed by atoms with Crippen molar-refractivity contribution in [2.24, 2.45) is 5.92 Å². The highest BCUT2D eigenvalue weighted by Gasteiger charge is 2.25. The first-order chi connectivity index (χ1) is 6.59. The molecule has 1 saturated carbocycles. The molecule has 1 aliphatic carbocycles. The Morgan fingerprint density at radius 1 is 1.36 bits per heavy atom. The minimum Gasteiger partial charge on any atom is -0.352 e. The molecule has 0 aromatic heterocycles. The van der Waals surface area contributed by atoms with Crippen LogP contribution in [0.3, 0.4) is 0 Å². The summed E-state index contributed by atoms with van der Waals surface area (Å²) < 4.78 is 0. The molecule has 4 nitrogen and oxygen atoms in total. The highest BCUT2D eigenvalue weighted by Crippen LogP contribution is 2.25. The summed E-state index contributed by atoms with van der Waals surface area (Å²) in [4.78, 5) is 22.5. The molecule has 14 heavy (non-hydrogen) atoms. The lowest BCUT2D eigenvalue weighted by atomic mass is 9.85. The molecule has 2 amide bonds. The summed E-state index contributed by atoms with van der Waals surface area (Å²) in [5.74, 6) is 0.0599. The van der Waals surface area contributed by atoms with E-state index in [1.54, 1.807) is 0 Å². The van der Waals surface area contributed by atoms with Crippen LogP contribution in [0.25, 0.3) is 0 Å². The van der Waals surface area contributed by atoms with Crippen LogP contribution in [0.2, 0.25) is 0 Å². The van der Waals surface area contributed by atoms with Gasteiger partial charge in [0.1, 0.15) is 0 Å². The third-order valence-electron chi connectivity index (χ3n) is 2.35. The molecule has 0 aromatic carbocycles. The average Bonchev–Trinajstić information content (AvgIpc) is 1.96. The molecule has 0 radical (unpaired) electrons. The molecule has 0 aliphatic heterocycles. The smallest absolute Gasteiger partial charge is 0.239 e. The van der Waals surface area contributed by atoms with Gasteiger partial charge in [-0.3, -0.25) is 9.59 Å². The van der Waals surface area contributed by atoms with Crippen LogP contribution in [0.15, 0.2) is 0 Å². The highest BCUT2D eigenvalue weighted by atomic mass is 16.2. The topological polar surface area (TPSA) is 58.2 Å². The second-order valence-electron chi connectivity index (χ2n) is 4.07. The fourth-order valence-electron chi connectivity index (χ4n) is 1.36. The number of hydrogen-bond acceptors (Lipinski definition) is 2. The zero-order valence-corrected chi connectivity index (χ0v) is 8.80. The fourth-order valence-corrected chi connectivity index (χ4v) is 1.36. The molecule has 0 heterocycles. The van der Waals surface area contributed by atoms with Gasteiger partial charge in [0.15, 0.2) is 0 Å². The summed E-state index contributed by atoms with van der Waals surface area (Å²) in [6.07, 6.45) is 3.07. The van der Waals surface area contributed by atoms with Crippen LogP contribution in [-0.2, 0) is 9.59 Å².